The third-order valence-corrected chi connectivity index (χ3v) is 8.23. The van der Waals surface area contributed by atoms with Gasteiger partial charge in [0.1, 0.15) is 12.1 Å². The Morgan fingerprint density at radius 1 is 1.10 bits per heavy atom. The van der Waals surface area contributed by atoms with Crippen molar-refractivity contribution in [2.75, 3.05) is 38.7 Å². The van der Waals surface area contributed by atoms with Crippen LogP contribution < -0.4 is 16.0 Å². The Kier molecular flexibility index (Phi) is 12.3. The summed E-state index contributed by atoms with van der Waals surface area (Å²) < 4.78 is 0. The minimum atomic E-state index is -1.22. The van der Waals surface area contributed by atoms with Crippen molar-refractivity contribution >= 4 is 47.3 Å². The maximum absolute atomic E-state index is 13.2. The van der Waals surface area contributed by atoms with E-state index in [2.05, 4.69) is 20.9 Å². The van der Waals surface area contributed by atoms with E-state index in [4.69, 9.17) is 0 Å². The maximum Gasteiger partial charge on any atom is 0.326 e. The molecule has 3 rings (SSSR count). The van der Waals surface area contributed by atoms with E-state index in [-0.39, 0.29) is 43.0 Å². The lowest BCUT2D eigenvalue weighted by molar-refractivity contribution is -0.142. The van der Waals surface area contributed by atoms with Crippen LogP contribution in [-0.4, -0.2) is 101 Å². The van der Waals surface area contributed by atoms with Crippen molar-refractivity contribution in [1.29, 1.82) is 0 Å². The van der Waals surface area contributed by atoms with Crippen molar-refractivity contribution in [2.24, 2.45) is 5.92 Å². The summed E-state index contributed by atoms with van der Waals surface area (Å²) in [6, 6.07) is 3.53. The lowest BCUT2D eigenvalue weighted by Gasteiger charge is -2.27. The van der Waals surface area contributed by atoms with Gasteiger partial charge in [-0.15, -0.1) is 0 Å². The first-order valence-electron chi connectivity index (χ1n) is 14.2. The van der Waals surface area contributed by atoms with E-state index in [1.165, 1.54) is 16.7 Å². The number of amides is 5. The number of thioether (sulfide) groups is 1. The molecule has 13 heteroatoms. The highest BCUT2D eigenvalue weighted by atomic mass is 32.2. The molecule has 2 heterocycles. The predicted octanol–water partition coefficient (Wildman–Crippen LogP) is 0.777. The summed E-state index contributed by atoms with van der Waals surface area (Å²) >= 11 is 1.53. The number of hydrogen-bond acceptors (Lipinski definition) is 8. The third-order valence-electron chi connectivity index (χ3n) is 7.58. The van der Waals surface area contributed by atoms with E-state index >= 15 is 0 Å². The fourth-order valence-corrected chi connectivity index (χ4v) is 5.67. The van der Waals surface area contributed by atoms with Crippen LogP contribution in [-0.2, 0) is 36.9 Å². The van der Waals surface area contributed by atoms with Crippen molar-refractivity contribution in [2.45, 2.75) is 64.1 Å². The molecule has 1 saturated heterocycles. The molecule has 0 aliphatic carbocycles. The van der Waals surface area contributed by atoms with Crippen molar-refractivity contribution < 1.29 is 33.9 Å². The molecule has 0 radical (unpaired) electrons. The number of hydrogen-bond donors (Lipinski definition) is 4. The fraction of sp³-hybridized carbons (Fsp3) is 0.586. The zero-order valence-electron chi connectivity index (χ0n) is 24.4. The summed E-state index contributed by atoms with van der Waals surface area (Å²) in [5, 5.41) is 17.3. The Morgan fingerprint density at radius 3 is 2.52 bits per heavy atom. The summed E-state index contributed by atoms with van der Waals surface area (Å²) in [7, 11) is 2.02. The number of aliphatic carboxylic acids is 1. The molecule has 0 bridgehead atoms. The second-order valence-electron chi connectivity index (χ2n) is 10.9. The third kappa shape index (κ3) is 9.02. The summed E-state index contributed by atoms with van der Waals surface area (Å²) in [5.74, 6) is -2.95. The number of rotatable bonds is 15. The van der Waals surface area contributed by atoms with Crippen molar-refractivity contribution in [3.05, 3.63) is 34.9 Å². The zero-order valence-corrected chi connectivity index (χ0v) is 25.3. The van der Waals surface area contributed by atoms with Crippen LogP contribution in [0.1, 0.15) is 60.5 Å². The van der Waals surface area contributed by atoms with E-state index in [0.29, 0.717) is 30.6 Å². The molecule has 3 atom stereocenters. The first kappa shape index (κ1) is 33.1. The Labute approximate surface area is 250 Å². The highest BCUT2D eigenvalue weighted by Crippen LogP contribution is 2.22. The maximum atomic E-state index is 13.2. The van der Waals surface area contributed by atoms with Crippen molar-refractivity contribution in [1.82, 2.24) is 25.8 Å². The number of fused-ring (bicyclic) bond motifs is 1. The van der Waals surface area contributed by atoms with E-state index in [1.807, 2.05) is 25.4 Å². The van der Waals surface area contributed by atoms with Crippen LogP contribution in [0.2, 0.25) is 0 Å². The van der Waals surface area contributed by atoms with Gasteiger partial charge in [0.2, 0.25) is 23.6 Å². The number of nitrogens with zero attached hydrogens (tertiary/aromatic N) is 2. The molecule has 0 aromatic heterocycles. The Morgan fingerprint density at radius 2 is 1.86 bits per heavy atom. The molecule has 4 N–H and O–H groups in total. The van der Waals surface area contributed by atoms with Gasteiger partial charge < -0.3 is 26.0 Å². The van der Waals surface area contributed by atoms with Crippen LogP contribution in [0.25, 0.3) is 0 Å². The van der Waals surface area contributed by atoms with E-state index in [0.717, 1.165) is 30.6 Å². The molecular formula is C29H41N5O7S. The number of carbonyl (C=O) groups is 6. The smallest absolute Gasteiger partial charge is 0.326 e. The molecule has 1 aromatic rings. The standard InChI is InChI=1S/C29H41N5O7S/c1-18-15-25(36)34(28(18)39)12-5-4-9-23(29(40)41)31-24(35)16-30-27(38)22(11-14-42-3)32-26(37)21-8-6-7-19-17-33(2)13-10-20(19)21/h6-8,18,22-23H,4-5,9-17H2,1-3H3,(H,30,38)(H,31,35)(H,32,37)(H,40,41)/t18?,22-,23-/m0/s1. The molecule has 2 aliphatic heterocycles. The topological polar surface area (TPSA) is 165 Å². The molecule has 12 nitrogen and oxygen atoms in total. The van der Waals surface area contributed by atoms with E-state index in [1.54, 1.807) is 13.0 Å². The Hall–Kier alpha value is -3.45. The Balaban J connectivity index is 1.50. The minimum absolute atomic E-state index is 0.102. The van der Waals surface area contributed by atoms with Gasteiger partial charge in [-0.05, 0) is 68.4 Å². The van der Waals surface area contributed by atoms with E-state index < -0.39 is 36.4 Å². The molecule has 5 amide bonds. The van der Waals surface area contributed by atoms with Crippen LogP contribution in [0, 0.1) is 5.92 Å². The molecule has 0 spiro atoms. The summed E-state index contributed by atoms with van der Waals surface area (Å²) in [4.78, 5) is 77.7. The molecule has 42 heavy (non-hydrogen) atoms. The van der Waals surface area contributed by atoms with Crippen LogP contribution in [0.5, 0.6) is 0 Å². The second kappa shape index (κ2) is 15.7. The zero-order chi connectivity index (χ0) is 30.8. The highest BCUT2D eigenvalue weighted by Gasteiger charge is 2.35. The molecule has 0 saturated carbocycles. The molecule has 1 aromatic carbocycles. The van der Waals surface area contributed by atoms with Crippen LogP contribution in [0.15, 0.2) is 18.2 Å². The normalized spacial score (nSPS) is 18.3. The number of benzene rings is 1. The lowest BCUT2D eigenvalue weighted by atomic mass is 9.94. The van der Waals surface area contributed by atoms with Gasteiger partial charge in [-0.25, -0.2) is 4.79 Å². The molecule has 2 aliphatic rings. The van der Waals surface area contributed by atoms with Crippen molar-refractivity contribution in [3.63, 3.8) is 0 Å². The van der Waals surface area contributed by atoms with E-state index in [9.17, 15) is 33.9 Å². The van der Waals surface area contributed by atoms with Crippen LogP contribution in [0.4, 0.5) is 0 Å². The highest BCUT2D eigenvalue weighted by molar-refractivity contribution is 7.98. The molecule has 1 unspecified atom stereocenters. The average molecular weight is 604 g/mol. The monoisotopic (exact) mass is 603 g/mol. The van der Waals surface area contributed by atoms with Gasteiger partial charge in [0.25, 0.3) is 5.91 Å². The minimum Gasteiger partial charge on any atom is -0.480 e. The number of carboxylic acid groups (broad SMARTS) is 1. The van der Waals surface area contributed by atoms with Gasteiger partial charge in [-0.1, -0.05) is 19.1 Å². The first-order chi connectivity index (χ1) is 20.0. The van der Waals surface area contributed by atoms with Gasteiger partial charge in [0, 0.05) is 37.5 Å². The van der Waals surface area contributed by atoms with Gasteiger partial charge in [-0.3, -0.25) is 28.9 Å². The van der Waals surface area contributed by atoms with Crippen LogP contribution in [0.3, 0.4) is 0 Å². The summed E-state index contributed by atoms with van der Waals surface area (Å²) in [6.07, 6.45) is 4.06. The molecular weight excluding hydrogens is 562 g/mol. The SMILES string of the molecule is CSCC[C@H](NC(=O)c1cccc2c1CCN(C)C2)C(=O)NCC(=O)N[C@@H](CCCCN1C(=O)CC(C)C1=O)C(=O)O. The predicted molar refractivity (Wildman–Crippen MR) is 158 cm³/mol. The quantitative estimate of drug-likeness (QED) is 0.167. The number of likely N-dealkylation sites (tertiary alicyclic amines) is 1. The number of carboxylic acids is 1. The number of carbonyl (C=O) groups excluding carboxylic acids is 5. The number of nitrogens with one attached hydrogen (secondary N) is 3. The van der Waals surface area contributed by atoms with Gasteiger partial charge in [0.15, 0.2) is 0 Å². The van der Waals surface area contributed by atoms with Gasteiger partial charge in [-0.2, -0.15) is 11.8 Å². The van der Waals surface area contributed by atoms with Crippen molar-refractivity contribution in [3.8, 4) is 0 Å². The largest absolute Gasteiger partial charge is 0.480 e. The Bertz CT molecular complexity index is 1190. The fourth-order valence-electron chi connectivity index (χ4n) is 5.20. The first-order valence-corrected chi connectivity index (χ1v) is 15.6. The lowest BCUT2D eigenvalue weighted by Crippen LogP contribution is -2.51. The van der Waals surface area contributed by atoms with Crippen LogP contribution >= 0.6 is 11.8 Å². The average Bonchev–Trinajstić information content (AvgIpc) is 3.20. The van der Waals surface area contributed by atoms with Gasteiger partial charge in [0.05, 0.1) is 6.54 Å². The van der Waals surface area contributed by atoms with Gasteiger partial charge >= 0.3 is 5.97 Å². The number of imide groups is 1. The second-order valence-corrected chi connectivity index (χ2v) is 11.9. The number of unbranched alkanes of at least 4 members (excludes halogenated alkanes) is 1. The molecule has 230 valence electrons. The molecule has 1 fully saturated rings. The number of likely N-dealkylation sites (N-methyl/N-ethyl adjacent to an activating group) is 1. The summed E-state index contributed by atoms with van der Waals surface area (Å²) in [6.45, 7) is 3.04. The summed E-state index contributed by atoms with van der Waals surface area (Å²) in [5.41, 5.74) is 2.60.